The highest BCUT2D eigenvalue weighted by molar-refractivity contribution is 6.31. The van der Waals surface area contributed by atoms with Crippen molar-refractivity contribution in [1.29, 1.82) is 0 Å². The van der Waals surface area contributed by atoms with E-state index in [0.29, 0.717) is 23.6 Å². The van der Waals surface area contributed by atoms with Gasteiger partial charge in [0.2, 0.25) is 0 Å². The number of halogens is 3. The first kappa shape index (κ1) is 21.6. The maximum atomic E-state index is 14.7. The zero-order valence-electron chi connectivity index (χ0n) is 16.8. The Labute approximate surface area is 190 Å². The molecule has 31 heavy (non-hydrogen) atoms. The standard InChI is InChI=1S/C24H21Cl2FN2O2/c1-2-31-16-9-6-14(7-10-16)20-13-21(17-12-15(25)8-11-22(17)30)29-24(28-20)23-18(26)4-3-5-19(23)27/h3-12,21,24,29-30H,2,13H2,1H3. The minimum Gasteiger partial charge on any atom is -0.508 e. The monoisotopic (exact) mass is 458 g/mol. The van der Waals surface area contributed by atoms with Crippen molar-refractivity contribution in [2.45, 2.75) is 25.6 Å². The van der Waals surface area contributed by atoms with Crippen molar-refractivity contribution in [3.8, 4) is 11.5 Å². The third-order valence-electron chi connectivity index (χ3n) is 5.18. The molecule has 4 rings (SSSR count). The number of rotatable bonds is 5. The Morgan fingerprint density at radius 3 is 2.61 bits per heavy atom. The second-order valence-electron chi connectivity index (χ2n) is 7.20. The highest BCUT2D eigenvalue weighted by Gasteiger charge is 2.30. The molecule has 0 amide bonds. The van der Waals surface area contributed by atoms with Gasteiger partial charge >= 0.3 is 0 Å². The summed E-state index contributed by atoms with van der Waals surface area (Å²) in [6.45, 7) is 2.50. The Morgan fingerprint density at radius 2 is 1.90 bits per heavy atom. The maximum Gasteiger partial charge on any atom is 0.131 e. The van der Waals surface area contributed by atoms with E-state index >= 15 is 0 Å². The summed E-state index contributed by atoms with van der Waals surface area (Å²) in [6, 6.07) is 16.7. The van der Waals surface area contributed by atoms with Gasteiger partial charge in [-0.2, -0.15) is 0 Å². The van der Waals surface area contributed by atoms with Crippen molar-refractivity contribution in [2.75, 3.05) is 6.61 Å². The second kappa shape index (κ2) is 9.27. The quantitative estimate of drug-likeness (QED) is 0.461. The lowest BCUT2D eigenvalue weighted by atomic mass is 9.93. The van der Waals surface area contributed by atoms with Crippen molar-refractivity contribution in [2.24, 2.45) is 4.99 Å². The van der Waals surface area contributed by atoms with E-state index in [9.17, 15) is 9.50 Å². The fourth-order valence-electron chi connectivity index (χ4n) is 3.72. The van der Waals surface area contributed by atoms with Crippen molar-refractivity contribution < 1.29 is 14.2 Å². The van der Waals surface area contributed by atoms with Crippen LogP contribution >= 0.6 is 23.2 Å². The van der Waals surface area contributed by atoms with Crippen LogP contribution in [0.3, 0.4) is 0 Å². The molecule has 2 N–H and O–H groups in total. The number of phenols is 1. The van der Waals surface area contributed by atoms with Gasteiger partial charge in [-0.1, -0.05) is 29.3 Å². The molecule has 0 aromatic heterocycles. The number of nitrogens with one attached hydrogen (secondary N) is 1. The average molecular weight is 459 g/mol. The Hall–Kier alpha value is -2.60. The molecule has 0 saturated heterocycles. The van der Waals surface area contributed by atoms with Crippen molar-refractivity contribution >= 4 is 28.9 Å². The predicted molar refractivity (Wildman–Crippen MR) is 122 cm³/mol. The van der Waals surface area contributed by atoms with Crippen LogP contribution in [0.5, 0.6) is 11.5 Å². The Bertz CT molecular complexity index is 1100. The predicted octanol–water partition coefficient (Wildman–Crippen LogP) is 6.46. The summed E-state index contributed by atoms with van der Waals surface area (Å²) in [5.41, 5.74) is 2.52. The Kier molecular flexibility index (Phi) is 6.46. The van der Waals surface area contributed by atoms with Gasteiger partial charge in [0.1, 0.15) is 23.5 Å². The van der Waals surface area contributed by atoms with Crippen LogP contribution in [0.1, 0.15) is 42.2 Å². The van der Waals surface area contributed by atoms with Crippen LogP contribution in [0.25, 0.3) is 0 Å². The van der Waals surface area contributed by atoms with Gasteiger partial charge in [-0.05, 0) is 67.1 Å². The van der Waals surface area contributed by atoms with Gasteiger partial charge in [0, 0.05) is 34.3 Å². The zero-order valence-corrected chi connectivity index (χ0v) is 18.3. The summed E-state index contributed by atoms with van der Waals surface area (Å²) in [5.74, 6) is 0.419. The number of phenolic OH excluding ortho intramolecular Hbond substituents is 1. The number of benzene rings is 3. The van der Waals surface area contributed by atoms with Gasteiger partial charge in [0.25, 0.3) is 0 Å². The molecule has 1 aliphatic heterocycles. The first-order valence-corrected chi connectivity index (χ1v) is 10.7. The largest absolute Gasteiger partial charge is 0.508 e. The van der Waals surface area contributed by atoms with E-state index in [1.54, 1.807) is 30.3 Å². The fourth-order valence-corrected chi connectivity index (χ4v) is 4.16. The van der Waals surface area contributed by atoms with E-state index in [1.807, 2.05) is 31.2 Å². The van der Waals surface area contributed by atoms with Crippen LogP contribution in [0, 0.1) is 5.82 Å². The first-order chi connectivity index (χ1) is 15.0. The topological polar surface area (TPSA) is 53.8 Å². The molecular formula is C24H21Cl2FN2O2. The number of hydrogen-bond donors (Lipinski definition) is 2. The summed E-state index contributed by atoms with van der Waals surface area (Å²) >= 11 is 12.5. The molecular weight excluding hydrogens is 438 g/mol. The summed E-state index contributed by atoms with van der Waals surface area (Å²) in [6.07, 6.45) is -0.253. The molecule has 2 atom stereocenters. The van der Waals surface area contributed by atoms with E-state index in [4.69, 9.17) is 32.9 Å². The summed E-state index contributed by atoms with van der Waals surface area (Å²) < 4.78 is 20.2. The summed E-state index contributed by atoms with van der Waals surface area (Å²) in [7, 11) is 0. The Balaban J connectivity index is 1.78. The average Bonchev–Trinajstić information content (AvgIpc) is 2.76. The molecule has 0 radical (unpaired) electrons. The first-order valence-electron chi connectivity index (χ1n) is 9.94. The number of aromatic hydroxyl groups is 1. The zero-order chi connectivity index (χ0) is 22.0. The number of nitrogens with zero attached hydrogens (tertiary/aromatic N) is 1. The van der Waals surface area contributed by atoms with E-state index in [-0.39, 0.29) is 22.4 Å². The van der Waals surface area contributed by atoms with Crippen LogP contribution in [0.15, 0.2) is 65.7 Å². The van der Waals surface area contributed by atoms with Crippen molar-refractivity contribution in [3.05, 3.63) is 93.2 Å². The van der Waals surface area contributed by atoms with Crippen LogP contribution in [0.4, 0.5) is 4.39 Å². The highest BCUT2D eigenvalue weighted by atomic mass is 35.5. The molecule has 0 fully saturated rings. The molecule has 1 aliphatic rings. The van der Waals surface area contributed by atoms with E-state index < -0.39 is 12.0 Å². The molecule has 0 saturated carbocycles. The summed E-state index contributed by atoms with van der Waals surface area (Å²) in [5, 5.41) is 14.5. The molecule has 0 aliphatic carbocycles. The smallest absolute Gasteiger partial charge is 0.131 e. The molecule has 0 bridgehead atoms. The third kappa shape index (κ3) is 4.69. The minimum atomic E-state index is -0.729. The van der Waals surface area contributed by atoms with Gasteiger partial charge < -0.3 is 9.84 Å². The molecule has 2 unspecified atom stereocenters. The second-order valence-corrected chi connectivity index (χ2v) is 8.04. The molecule has 1 heterocycles. The van der Waals surface area contributed by atoms with Crippen LogP contribution in [-0.2, 0) is 0 Å². The van der Waals surface area contributed by atoms with Crippen molar-refractivity contribution in [1.82, 2.24) is 5.32 Å². The summed E-state index contributed by atoms with van der Waals surface area (Å²) in [4.78, 5) is 4.77. The molecule has 4 nitrogen and oxygen atoms in total. The number of ether oxygens (including phenoxy) is 1. The van der Waals surface area contributed by atoms with Gasteiger partial charge in [-0.15, -0.1) is 0 Å². The number of hydrogen-bond acceptors (Lipinski definition) is 4. The SMILES string of the molecule is CCOc1ccc(C2=NC(c3c(F)cccc3Cl)NC(c3cc(Cl)ccc3O)C2)cc1. The maximum absolute atomic E-state index is 14.7. The van der Waals surface area contributed by atoms with Crippen LogP contribution in [-0.4, -0.2) is 17.4 Å². The molecule has 3 aromatic rings. The van der Waals surface area contributed by atoms with E-state index in [1.165, 1.54) is 6.07 Å². The fraction of sp³-hybridized carbons (Fsp3) is 0.208. The third-order valence-corrected chi connectivity index (χ3v) is 5.74. The van der Waals surface area contributed by atoms with E-state index in [2.05, 4.69) is 5.32 Å². The number of aliphatic imine (C=N–C) groups is 1. The van der Waals surface area contributed by atoms with Gasteiger partial charge in [-0.25, -0.2) is 4.39 Å². The molecule has 0 spiro atoms. The van der Waals surface area contributed by atoms with Crippen LogP contribution < -0.4 is 10.1 Å². The van der Waals surface area contributed by atoms with Gasteiger partial charge in [0.15, 0.2) is 0 Å². The lowest BCUT2D eigenvalue weighted by Gasteiger charge is -2.31. The highest BCUT2D eigenvalue weighted by Crippen LogP contribution is 2.38. The Morgan fingerprint density at radius 1 is 1.13 bits per heavy atom. The van der Waals surface area contributed by atoms with Crippen molar-refractivity contribution in [3.63, 3.8) is 0 Å². The lowest BCUT2D eigenvalue weighted by molar-refractivity contribution is 0.340. The minimum absolute atomic E-state index is 0.105. The lowest BCUT2D eigenvalue weighted by Crippen LogP contribution is -2.33. The normalized spacial score (nSPS) is 18.5. The van der Waals surface area contributed by atoms with Crippen LogP contribution in [0.2, 0.25) is 10.0 Å². The molecule has 3 aromatic carbocycles. The van der Waals surface area contributed by atoms with E-state index in [0.717, 1.165) is 17.0 Å². The van der Waals surface area contributed by atoms with Gasteiger partial charge in [0.05, 0.1) is 11.6 Å². The molecule has 7 heteroatoms. The molecule has 160 valence electrons. The van der Waals surface area contributed by atoms with Gasteiger partial charge in [-0.3, -0.25) is 10.3 Å².